The molecule has 0 spiro atoms. The van der Waals surface area contributed by atoms with Crippen LogP contribution in [0.2, 0.25) is 0 Å². The third kappa shape index (κ3) is 3.69. The van der Waals surface area contributed by atoms with Crippen LogP contribution in [-0.4, -0.2) is 21.7 Å². The maximum Gasteiger partial charge on any atom is 0.298 e. The Balaban J connectivity index is 1.55. The van der Waals surface area contributed by atoms with Crippen molar-refractivity contribution in [2.75, 3.05) is 5.32 Å². The molecule has 1 amide bonds. The topological polar surface area (TPSA) is 74.8 Å². The van der Waals surface area contributed by atoms with Gasteiger partial charge in [0.05, 0.1) is 11.3 Å². The lowest BCUT2D eigenvalue weighted by Gasteiger charge is -2.02. The molecule has 4 rings (SSSR count). The first kappa shape index (κ1) is 19.0. The molecule has 146 valence electrons. The van der Waals surface area contributed by atoms with Gasteiger partial charge in [0.25, 0.3) is 11.7 Å². The van der Waals surface area contributed by atoms with E-state index in [0.29, 0.717) is 39.5 Å². The van der Waals surface area contributed by atoms with E-state index in [-0.39, 0.29) is 5.82 Å². The Bertz CT molecular complexity index is 1240. The number of H-pyrrole nitrogens is 1. The molecule has 2 heterocycles. The molecule has 4 aromatic rings. The summed E-state index contributed by atoms with van der Waals surface area (Å²) in [6.07, 6.45) is 0.377. The Kier molecular flexibility index (Phi) is 4.98. The average molecular weight is 407 g/mol. The molecular weight excluding hydrogens is 389 g/mol. The Morgan fingerprint density at radius 2 is 1.83 bits per heavy atom. The molecule has 0 radical (unpaired) electrons. The summed E-state index contributed by atoms with van der Waals surface area (Å²) >= 11 is 1.24. The lowest BCUT2D eigenvalue weighted by molar-refractivity contribution is -0.112. The first-order valence-corrected chi connectivity index (χ1v) is 9.88. The van der Waals surface area contributed by atoms with E-state index < -0.39 is 11.7 Å². The lowest BCUT2D eigenvalue weighted by atomic mass is 10.1. The van der Waals surface area contributed by atoms with Crippen LogP contribution in [0.1, 0.15) is 32.2 Å². The van der Waals surface area contributed by atoms with Gasteiger partial charge < -0.3 is 4.98 Å². The third-order valence-electron chi connectivity index (χ3n) is 4.75. The van der Waals surface area contributed by atoms with E-state index >= 15 is 0 Å². The molecule has 0 aliphatic heterocycles. The van der Waals surface area contributed by atoms with Gasteiger partial charge in [-0.15, -0.1) is 11.3 Å². The van der Waals surface area contributed by atoms with Gasteiger partial charge in [0, 0.05) is 27.9 Å². The van der Waals surface area contributed by atoms with Crippen molar-refractivity contribution in [1.82, 2.24) is 9.97 Å². The second kappa shape index (κ2) is 7.60. The van der Waals surface area contributed by atoms with Gasteiger partial charge in [-0.1, -0.05) is 36.4 Å². The second-order valence-electron chi connectivity index (χ2n) is 6.75. The van der Waals surface area contributed by atoms with Gasteiger partial charge >= 0.3 is 0 Å². The van der Waals surface area contributed by atoms with Crippen molar-refractivity contribution in [2.24, 2.45) is 0 Å². The minimum atomic E-state index is -0.746. The molecule has 5 nitrogen and oxygen atoms in total. The first-order valence-electron chi connectivity index (χ1n) is 9.06. The lowest BCUT2D eigenvalue weighted by Crippen LogP contribution is -2.23. The van der Waals surface area contributed by atoms with Crippen LogP contribution in [0.15, 0.2) is 48.5 Å². The highest BCUT2D eigenvalue weighted by atomic mass is 32.1. The summed E-state index contributed by atoms with van der Waals surface area (Å²) in [5, 5.41) is 3.63. The van der Waals surface area contributed by atoms with Crippen molar-refractivity contribution < 1.29 is 14.0 Å². The number of nitrogens with one attached hydrogen (secondary N) is 2. The van der Waals surface area contributed by atoms with Crippen LogP contribution in [0.4, 0.5) is 9.52 Å². The number of Topliss-reactive ketones (excluding diaryl/α,β-unsaturated/α-hetero) is 1. The van der Waals surface area contributed by atoms with E-state index in [9.17, 15) is 14.0 Å². The summed E-state index contributed by atoms with van der Waals surface area (Å²) in [6.45, 7) is 3.56. The second-order valence-corrected chi connectivity index (χ2v) is 7.83. The van der Waals surface area contributed by atoms with Crippen LogP contribution in [0.5, 0.6) is 0 Å². The van der Waals surface area contributed by atoms with Crippen LogP contribution in [0.25, 0.3) is 10.9 Å². The Hall–Kier alpha value is -3.32. The molecule has 29 heavy (non-hydrogen) atoms. The van der Waals surface area contributed by atoms with E-state index in [4.69, 9.17) is 0 Å². The van der Waals surface area contributed by atoms with Gasteiger partial charge in [0.15, 0.2) is 5.13 Å². The number of anilines is 1. The number of aromatic amines is 1. The van der Waals surface area contributed by atoms with Gasteiger partial charge in [-0.3, -0.25) is 14.9 Å². The van der Waals surface area contributed by atoms with E-state index in [1.54, 1.807) is 38.1 Å². The number of hydrogen-bond donors (Lipinski definition) is 2. The fourth-order valence-corrected chi connectivity index (χ4v) is 4.28. The summed E-state index contributed by atoms with van der Waals surface area (Å²) in [4.78, 5) is 33.6. The highest BCUT2D eigenvalue weighted by Crippen LogP contribution is 2.27. The number of aryl methyl sites for hydroxylation is 2. The number of para-hydroxylation sites is 1. The summed E-state index contributed by atoms with van der Waals surface area (Å²) in [7, 11) is 0. The molecule has 0 bridgehead atoms. The van der Waals surface area contributed by atoms with Crippen LogP contribution in [0, 0.1) is 19.7 Å². The van der Waals surface area contributed by atoms with Crippen molar-refractivity contribution >= 4 is 39.1 Å². The molecule has 0 saturated heterocycles. The number of nitrogens with zero attached hydrogens (tertiary/aromatic N) is 1. The number of hydrogen-bond acceptors (Lipinski definition) is 4. The summed E-state index contributed by atoms with van der Waals surface area (Å²) in [5.41, 5.74) is 3.06. The number of thiazole rings is 1. The summed E-state index contributed by atoms with van der Waals surface area (Å²) in [5.74, 6) is -1.65. The van der Waals surface area contributed by atoms with Gasteiger partial charge in [0.2, 0.25) is 0 Å². The third-order valence-corrected chi connectivity index (χ3v) is 5.82. The maximum atomic E-state index is 13.9. The monoisotopic (exact) mass is 407 g/mol. The van der Waals surface area contributed by atoms with E-state index in [1.165, 1.54) is 17.4 Å². The zero-order valence-electron chi connectivity index (χ0n) is 15.9. The predicted octanol–water partition coefficient (Wildman–Crippen LogP) is 4.79. The number of aromatic nitrogens is 2. The zero-order chi connectivity index (χ0) is 20.5. The SMILES string of the molecule is Cc1nc(NC(=O)C(=O)c2c(C)[nH]c3ccccc23)sc1Cc1ccccc1F. The molecule has 0 saturated carbocycles. The van der Waals surface area contributed by atoms with E-state index in [1.807, 2.05) is 18.2 Å². The minimum Gasteiger partial charge on any atom is -0.358 e. The molecule has 0 aliphatic carbocycles. The van der Waals surface area contributed by atoms with Crippen LogP contribution >= 0.6 is 11.3 Å². The molecule has 0 atom stereocenters. The van der Waals surface area contributed by atoms with Crippen molar-refractivity contribution in [3.05, 3.63) is 81.7 Å². The largest absolute Gasteiger partial charge is 0.358 e. The summed E-state index contributed by atoms with van der Waals surface area (Å²) in [6, 6.07) is 13.9. The van der Waals surface area contributed by atoms with E-state index in [2.05, 4.69) is 15.3 Å². The molecule has 0 fully saturated rings. The first-order chi connectivity index (χ1) is 13.9. The minimum absolute atomic E-state index is 0.282. The highest BCUT2D eigenvalue weighted by molar-refractivity contribution is 7.16. The highest BCUT2D eigenvalue weighted by Gasteiger charge is 2.24. The number of benzene rings is 2. The number of rotatable bonds is 5. The van der Waals surface area contributed by atoms with Crippen molar-refractivity contribution in [1.29, 1.82) is 0 Å². The fraction of sp³-hybridized carbons (Fsp3) is 0.136. The quantitative estimate of drug-likeness (QED) is 0.369. The van der Waals surface area contributed by atoms with Gasteiger partial charge in [0.1, 0.15) is 5.82 Å². The Morgan fingerprint density at radius 1 is 1.10 bits per heavy atom. The van der Waals surface area contributed by atoms with Crippen molar-refractivity contribution in [2.45, 2.75) is 20.3 Å². The van der Waals surface area contributed by atoms with Gasteiger partial charge in [-0.05, 0) is 31.5 Å². The van der Waals surface area contributed by atoms with Crippen LogP contribution < -0.4 is 5.32 Å². The van der Waals surface area contributed by atoms with Crippen molar-refractivity contribution in [3.8, 4) is 0 Å². The Labute approximate surface area is 170 Å². The predicted molar refractivity (Wildman–Crippen MR) is 112 cm³/mol. The number of carbonyl (C=O) groups excluding carboxylic acids is 2. The number of halogens is 1. The molecule has 0 aliphatic rings. The molecular formula is C22H18FN3O2S. The van der Waals surface area contributed by atoms with Gasteiger partial charge in [-0.25, -0.2) is 9.37 Å². The molecule has 2 aromatic heterocycles. The average Bonchev–Trinajstić information content (AvgIpc) is 3.21. The molecule has 2 aromatic carbocycles. The molecule has 2 N–H and O–H groups in total. The normalized spacial score (nSPS) is 11.0. The zero-order valence-corrected chi connectivity index (χ0v) is 16.7. The fourth-order valence-electron chi connectivity index (χ4n) is 3.30. The molecule has 0 unspecified atom stereocenters. The number of amides is 1. The number of fused-ring (bicyclic) bond motifs is 1. The number of ketones is 1. The van der Waals surface area contributed by atoms with Crippen LogP contribution in [0.3, 0.4) is 0 Å². The van der Waals surface area contributed by atoms with Crippen molar-refractivity contribution in [3.63, 3.8) is 0 Å². The number of carbonyl (C=O) groups is 2. The standard InChI is InChI=1S/C22H18FN3O2S/c1-12-18(11-14-7-3-5-9-16(14)23)29-22(25-12)26-21(28)20(27)19-13(2)24-17-10-6-4-8-15(17)19/h3-10,24H,11H2,1-2H3,(H,25,26,28). The van der Waals surface area contributed by atoms with Crippen LogP contribution in [-0.2, 0) is 11.2 Å². The summed E-state index contributed by atoms with van der Waals surface area (Å²) < 4.78 is 13.9. The smallest absolute Gasteiger partial charge is 0.298 e. The molecule has 7 heteroatoms. The van der Waals surface area contributed by atoms with Gasteiger partial charge in [-0.2, -0.15) is 0 Å². The van der Waals surface area contributed by atoms with E-state index in [0.717, 1.165) is 10.4 Å². The Morgan fingerprint density at radius 3 is 2.62 bits per heavy atom. The maximum absolute atomic E-state index is 13.9.